The van der Waals surface area contributed by atoms with E-state index in [0.717, 1.165) is 13.1 Å². The van der Waals surface area contributed by atoms with Gasteiger partial charge in [-0.3, -0.25) is 14.6 Å². The maximum atomic E-state index is 11.9. The summed E-state index contributed by atoms with van der Waals surface area (Å²) >= 11 is 0. The average Bonchev–Trinajstić information content (AvgIpc) is 3.21. The number of amides is 1. The number of fused-ring (bicyclic) bond motifs is 4. The lowest BCUT2D eigenvalue weighted by molar-refractivity contribution is -0.119. The molecule has 2 atom stereocenters. The standard InChI is InChI=1S/C26H33N3O/c27-25(30)18-28-17-24-22(20-9-3-1-4-10-20)15-26(19-28,29-13-7-8-14-29)16-23(24)21-11-5-2-6-12-21/h1-6,9-12,22-24H,7-8,13-19H2,(H2,27,30). The average molecular weight is 404 g/mol. The molecule has 3 saturated heterocycles. The zero-order valence-electron chi connectivity index (χ0n) is 17.7. The number of nitrogens with zero attached hydrogens (tertiary/aromatic N) is 2. The van der Waals surface area contributed by atoms with E-state index in [-0.39, 0.29) is 11.4 Å². The third kappa shape index (κ3) is 3.67. The zero-order chi connectivity index (χ0) is 20.6. The summed E-state index contributed by atoms with van der Waals surface area (Å²) in [6, 6.07) is 22.2. The first-order valence-corrected chi connectivity index (χ1v) is 11.5. The molecule has 4 nitrogen and oxygen atoms in total. The van der Waals surface area contributed by atoms with E-state index in [1.165, 1.54) is 49.9 Å². The maximum Gasteiger partial charge on any atom is 0.231 e. The Balaban J connectivity index is 1.61. The van der Waals surface area contributed by atoms with Gasteiger partial charge in [0.1, 0.15) is 0 Å². The number of primary amides is 1. The van der Waals surface area contributed by atoms with E-state index in [2.05, 4.69) is 70.5 Å². The number of rotatable bonds is 5. The molecule has 3 aliphatic heterocycles. The summed E-state index contributed by atoms with van der Waals surface area (Å²) in [6.45, 7) is 4.63. The van der Waals surface area contributed by atoms with Crippen LogP contribution < -0.4 is 5.73 Å². The van der Waals surface area contributed by atoms with E-state index in [1.807, 2.05) is 0 Å². The van der Waals surface area contributed by atoms with E-state index in [9.17, 15) is 4.79 Å². The van der Waals surface area contributed by atoms with Crippen LogP contribution in [-0.4, -0.2) is 54.0 Å². The number of carbonyl (C=O) groups is 1. The first-order valence-electron chi connectivity index (χ1n) is 11.5. The quantitative estimate of drug-likeness (QED) is 0.830. The fraction of sp³-hybridized carbons (Fsp3) is 0.500. The van der Waals surface area contributed by atoms with Gasteiger partial charge in [-0.1, -0.05) is 60.7 Å². The van der Waals surface area contributed by atoms with Gasteiger partial charge >= 0.3 is 0 Å². The highest BCUT2D eigenvalue weighted by atomic mass is 16.1. The second-order valence-electron chi connectivity index (χ2n) is 9.66. The topological polar surface area (TPSA) is 49.6 Å². The van der Waals surface area contributed by atoms with E-state index in [1.54, 1.807) is 0 Å². The molecule has 30 heavy (non-hydrogen) atoms. The number of likely N-dealkylation sites (tertiary alicyclic amines) is 1. The van der Waals surface area contributed by atoms with Crippen molar-refractivity contribution >= 4 is 5.91 Å². The van der Waals surface area contributed by atoms with Crippen LogP contribution in [0.15, 0.2) is 60.7 Å². The predicted molar refractivity (Wildman–Crippen MR) is 120 cm³/mol. The summed E-state index contributed by atoms with van der Waals surface area (Å²) in [5.41, 5.74) is 8.69. The van der Waals surface area contributed by atoms with Crippen molar-refractivity contribution in [2.24, 2.45) is 11.7 Å². The van der Waals surface area contributed by atoms with Gasteiger partial charge in [0.25, 0.3) is 0 Å². The van der Waals surface area contributed by atoms with Gasteiger partial charge in [0, 0.05) is 18.6 Å². The lowest BCUT2D eigenvalue weighted by atomic mass is 9.61. The van der Waals surface area contributed by atoms with Crippen LogP contribution in [-0.2, 0) is 4.79 Å². The van der Waals surface area contributed by atoms with E-state index < -0.39 is 0 Å². The molecular formula is C26H33N3O. The first kappa shape index (κ1) is 19.8. The highest BCUT2D eigenvalue weighted by Gasteiger charge is 2.53. The molecule has 4 heteroatoms. The van der Waals surface area contributed by atoms with Crippen molar-refractivity contribution in [3.05, 3.63) is 71.8 Å². The number of hydrogen-bond donors (Lipinski definition) is 1. The minimum Gasteiger partial charge on any atom is -0.369 e. The van der Waals surface area contributed by atoms with E-state index in [0.29, 0.717) is 24.3 Å². The summed E-state index contributed by atoms with van der Waals surface area (Å²) in [4.78, 5) is 17.0. The lowest BCUT2D eigenvalue weighted by Gasteiger charge is -2.51. The normalized spacial score (nSPS) is 32.2. The third-order valence-electron chi connectivity index (χ3n) is 7.83. The van der Waals surface area contributed by atoms with E-state index in [4.69, 9.17) is 5.73 Å². The Morgan fingerprint density at radius 3 is 1.93 bits per heavy atom. The molecule has 4 fully saturated rings. The lowest BCUT2D eigenvalue weighted by Crippen LogP contribution is -2.56. The van der Waals surface area contributed by atoms with Crippen LogP contribution in [0.25, 0.3) is 0 Å². The molecule has 2 unspecified atom stereocenters. The Labute approximate surface area is 180 Å². The third-order valence-corrected chi connectivity index (χ3v) is 7.83. The zero-order valence-corrected chi connectivity index (χ0v) is 17.7. The van der Waals surface area contributed by atoms with Crippen molar-refractivity contribution in [2.45, 2.75) is 43.1 Å². The van der Waals surface area contributed by atoms with Crippen LogP contribution >= 0.6 is 0 Å². The van der Waals surface area contributed by atoms with Crippen molar-refractivity contribution in [1.82, 2.24) is 9.80 Å². The molecule has 2 bridgehead atoms. The molecule has 2 aromatic rings. The summed E-state index contributed by atoms with van der Waals surface area (Å²) in [5, 5.41) is 0. The van der Waals surface area contributed by atoms with Crippen LogP contribution in [0, 0.1) is 5.92 Å². The van der Waals surface area contributed by atoms with Crippen molar-refractivity contribution in [2.75, 3.05) is 32.7 Å². The van der Waals surface area contributed by atoms with E-state index >= 15 is 0 Å². The second-order valence-corrected chi connectivity index (χ2v) is 9.66. The van der Waals surface area contributed by atoms with Gasteiger partial charge in [-0.05, 0) is 67.7 Å². The second kappa shape index (κ2) is 8.16. The van der Waals surface area contributed by atoms with Gasteiger partial charge in [0.15, 0.2) is 0 Å². The van der Waals surface area contributed by atoms with Gasteiger partial charge in [-0.15, -0.1) is 0 Å². The molecule has 158 valence electrons. The molecule has 2 aromatic carbocycles. The molecule has 1 aliphatic carbocycles. The smallest absolute Gasteiger partial charge is 0.231 e. The van der Waals surface area contributed by atoms with Gasteiger partial charge in [0.05, 0.1) is 6.54 Å². The van der Waals surface area contributed by atoms with Gasteiger partial charge in [-0.25, -0.2) is 0 Å². The first-order chi connectivity index (χ1) is 14.6. The summed E-state index contributed by atoms with van der Waals surface area (Å²) < 4.78 is 0. The molecular weight excluding hydrogens is 370 g/mol. The van der Waals surface area contributed by atoms with Gasteiger partial charge in [0.2, 0.25) is 5.91 Å². The van der Waals surface area contributed by atoms with Crippen molar-refractivity contribution < 1.29 is 4.79 Å². The summed E-state index contributed by atoms with van der Waals surface area (Å²) in [5.74, 6) is 1.29. The Hall–Kier alpha value is -2.17. The maximum absolute atomic E-state index is 11.9. The summed E-state index contributed by atoms with van der Waals surface area (Å²) in [6.07, 6.45) is 4.93. The minimum absolute atomic E-state index is 0.111. The molecule has 1 amide bonds. The Morgan fingerprint density at radius 2 is 1.43 bits per heavy atom. The van der Waals surface area contributed by atoms with Crippen LogP contribution in [0.4, 0.5) is 0 Å². The molecule has 4 aliphatic rings. The largest absolute Gasteiger partial charge is 0.369 e. The van der Waals surface area contributed by atoms with Crippen molar-refractivity contribution in [1.29, 1.82) is 0 Å². The highest BCUT2D eigenvalue weighted by Crippen LogP contribution is 2.55. The van der Waals surface area contributed by atoms with Crippen LogP contribution in [0.3, 0.4) is 0 Å². The Bertz CT molecular complexity index is 813. The number of benzene rings is 2. The molecule has 3 heterocycles. The van der Waals surface area contributed by atoms with Gasteiger partial charge < -0.3 is 5.73 Å². The highest BCUT2D eigenvalue weighted by molar-refractivity contribution is 5.76. The number of hydrogen-bond acceptors (Lipinski definition) is 3. The molecule has 0 spiro atoms. The molecule has 6 rings (SSSR count). The van der Waals surface area contributed by atoms with Crippen LogP contribution in [0.5, 0.6) is 0 Å². The monoisotopic (exact) mass is 403 g/mol. The fourth-order valence-corrected chi connectivity index (χ4v) is 6.67. The fourth-order valence-electron chi connectivity index (χ4n) is 6.67. The number of carbonyl (C=O) groups excluding carboxylic acids is 1. The Kier molecular flexibility index (Phi) is 5.38. The SMILES string of the molecule is NC(=O)CN1CC2C(c3ccccc3)CC(N3CCCC3)(CC2c2ccccc2)C1. The minimum atomic E-state index is -0.208. The van der Waals surface area contributed by atoms with Crippen LogP contribution in [0.1, 0.15) is 48.6 Å². The van der Waals surface area contributed by atoms with Gasteiger partial charge in [-0.2, -0.15) is 0 Å². The number of nitrogens with two attached hydrogens (primary N) is 1. The van der Waals surface area contributed by atoms with Crippen molar-refractivity contribution in [3.63, 3.8) is 0 Å². The molecule has 2 N–H and O–H groups in total. The Morgan fingerprint density at radius 1 is 0.900 bits per heavy atom. The predicted octanol–water partition coefficient (Wildman–Crippen LogP) is 3.60. The molecule has 0 radical (unpaired) electrons. The molecule has 1 saturated carbocycles. The van der Waals surface area contributed by atoms with Crippen molar-refractivity contribution in [3.8, 4) is 0 Å². The molecule has 0 aromatic heterocycles. The summed E-state index contributed by atoms with van der Waals surface area (Å²) in [7, 11) is 0. The van der Waals surface area contributed by atoms with Crippen LogP contribution in [0.2, 0.25) is 0 Å².